The molecule has 1 fully saturated rings. The zero-order valence-electron chi connectivity index (χ0n) is 51.4. The molecule has 97 heavy (non-hydrogen) atoms. The van der Waals surface area contributed by atoms with Gasteiger partial charge in [0.15, 0.2) is 16.9 Å². The summed E-state index contributed by atoms with van der Waals surface area (Å²) in [6.45, 7) is 15.9. The minimum absolute atomic E-state index is 0. The fourth-order valence-electron chi connectivity index (χ4n) is 10.0. The van der Waals surface area contributed by atoms with Gasteiger partial charge in [0.2, 0.25) is 16.9 Å². The summed E-state index contributed by atoms with van der Waals surface area (Å²) in [5.41, 5.74) is 10.1. The standard InChI is InChI=1S/C22H18FN6OP.C20H21BN6O2.C14H9BrN6.C8H9FIOP.4CH4/c1-31(2,30)20-8-6-16(11-17(20)23)19-12-25-21-22(26-19)29(28-27-21)13-14-5-7-18-15(10-14)4-3-9-24-18;1-19(2)20(3,4)29-21(28-19)16-11-23-17-18(24-16)27(26-25-17)12-13-7-8-15-14(10-13)6-5-9-22-15;15-12-7-17-13-14(18-12)21(20-19-13)8-9-3-4-11-10(6-9)2-1-5-16-11;1-12(2,11)8-4-3-6(10)5-7(8)9;;;;/h3-12H,13H2,1-2H3;5-11H,12H2,1-4H3;1-7H,8H2;3-5H,1-2H3;4*1H4. The van der Waals surface area contributed by atoms with Crippen molar-refractivity contribution in [3.8, 4) is 11.3 Å². The molecule has 0 saturated carbocycles. The lowest BCUT2D eigenvalue weighted by molar-refractivity contribution is 0.00578. The average Bonchev–Trinajstić information content (AvgIpc) is 1.63. The zero-order valence-corrected chi connectivity index (χ0v) is 56.9. The summed E-state index contributed by atoms with van der Waals surface area (Å²) in [7, 11) is -5.73. The maximum atomic E-state index is 14.5. The highest BCUT2D eigenvalue weighted by molar-refractivity contribution is 14.1. The molecule has 500 valence electrons. The second-order valence-corrected chi connectivity index (χ2v) is 32.0. The molecular weight excluding hydrogens is 1450 g/mol. The number of hydrogen-bond acceptors (Lipinski definition) is 19. The van der Waals surface area contributed by atoms with E-state index in [-0.39, 0.29) is 40.8 Å². The molecule has 0 aliphatic carbocycles. The van der Waals surface area contributed by atoms with E-state index in [2.05, 4.69) is 105 Å². The molecule has 22 nitrogen and oxygen atoms in total. The summed E-state index contributed by atoms with van der Waals surface area (Å²) in [6, 6.07) is 39.5. The number of hydrogen-bond donors (Lipinski definition) is 0. The van der Waals surface area contributed by atoms with Crippen molar-refractivity contribution >= 4 is 143 Å². The first kappa shape index (κ1) is 74.1. The Morgan fingerprint density at radius 3 is 1.33 bits per heavy atom. The van der Waals surface area contributed by atoms with E-state index >= 15 is 0 Å². The van der Waals surface area contributed by atoms with Crippen molar-refractivity contribution in [1.82, 2.24) is 89.8 Å². The van der Waals surface area contributed by atoms with Gasteiger partial charge < -0.3 is 18.4 Å². The first-order valence-electron chi connectivity index (χ1n) is 29.0. The SMILES string of the molecule is Brc1cnc2nnn(Cc3ccc4ncccc4c3)c2n1.C.C.C.C.CC1(C)OB(c2cnc3nnn(Cc4ccc5ncccc5c4)c3n2)OC1(C)C.CP(C)(=O)c1ccc(-c2cnc3nnn(Cc4ccc5ncccc5c4)c3n2)cc1F.CP(C)(=O)c1ccc(I)cc1F. The summed E-state index contributed by atoms with van der Waals surface area (Å²) >= 11 is 5.34. The summed E-state index contributed by atoms with van der Waals surface area (Å²) in [4.78, 5) is 39.6. The molecule has 0 spiro atoms. The Morgan fingerprint density at radius 2 is 0.897 bits per heavy atom. The normalized spacial score (nSPS) is 13.1. The zero-order chi connectivity index (χ0) is 65.4. The molecule has 9 aromatic heterocycles. The van der Waals surface area contributed by atoms with Gasteiger partial charge in [-0.1, -0.05) is 87.8 Å². The van der Waals surface area contributed by atoms with Crippen LogP contribution in [-0.2, 0) is 38.1 Å². The van der Waals surface area contributed by atoms with Crippen molar-refractivity contribution in [2.45, 2.75) is 88.2 Å². The topological polar surface area (TPSA) is 261 Å². The number of pyridine rings is 3. The summed E-state index contributed by atoms with van der Waals surface area (Å²) in [5.74, 6) is -0.876. The summed E-state index contributed by atoms with van der Waals surface area (Å²) in [5, 5.41) is 28.6. The molecule has 29 heteroatoms. The first-order valence-corrected chi connectivity index (χ1v) is 36.1. The number of fused-ring (bicyclic) bond motifs is 6. The highest BCUT2D eigenvalue weighted by Gasteiger charge is 2.52. The Morgan fingerprint density at radius 1 is 0.495 bits per heavy atom. The Balaban J connectivity index is 0.000000170. The maximum Gasteiger partial charge on any atom is 0.516 e. The molecule has 0 N–H and O–H groups in total. The molecule has 1 saturated heterocycles. The fraction of sp³-hybridized carbons (Fsp3) is 0.250. The summed E-state index contributed by atoms with van der Waals surface area (Å²) in [6.07, 6.45) is 10.1. The monoisotopic (exact) mass is 1520 g/mol. The Kier molecular flexibility index (Phi) is 23.2. The van der Waals surface area contributed by atoms with Crippen molar-refractivity contribution in [3.63, 3.8) is 0 Å². The molecule has 5 aromatic carbocycles. The van der Waals surface area contributed by atoms with Gasteiger partial charge in [-0.3, -0.25) is 15.0 Å². The molecule has 14 aromatic rings. The highest BCUT2D eigenvalue weighted by atomic mass is 127. The molecule has 0 unspecified atom stereocenters. The van der Waals surface area contributed by atoms with E-state index in [4.69, 9.17) is 14.3 Å². The van der Waals surface area contributed by atoms with E-state index < -0.39 is 38.4 Å². The third kappa shape index (κ3) is 16.8. The van der Waals surface area contributed by atoms with E-state index in [1.54, 1.807) is 96.0 Å². The van der Waals surface area contributed by atoms with Crippen LogP contribution in [0.4, 0.5) is 8.78 Å². The largest absolute Gasteiger partial charge is 0.516 e. The van der Waals surface area contributed by atoms with Crippen LogP contribution >= 0.6 is 52.8 Å². The molecule has 1 aliphatic rings. The van der Waals surface area contributed by atoms with Crippen LogP contribution in [-0.4, -0.2) is 135 Å². The minimum Gasteiger partial charge on any atom is -0.398 e. The van der Waals surface area contributed by atoms with Crippen molar-refractivity contribution in [2.75, 3.05) is 26.7 Å². The van der Waals surface area contributed by atoms with E-state index in [1.165, 1.54) is 18.3 Å². The van der Waals surface area contributed by atoms with Crippen molar-refractivity contribution in [3.05, 3.63) is 201 Å². The molecular formula is C68H73BBrF2IN18O4P2. The second kappa shape index (κ2) is 30.4. The quantitative estimate of drug-likeness (QED) is 0.0700. The van der Waals surface area contributed by atoms with Gasteiger partial charge in [0, 0.05) is 60.7 Å². The summed E-state index contributed by atoms with van der Waals surface area (Å²) < 4.78 is 70.3. The van der Waals surface area contributed by atoms with E-state index in [0.717, 1.165) is 53.0 Å². The van der Waals surface area contributed by atoms with Gasteiger partial charge in [-0.05, 0) is 194 Å². The van der Waals surface area contributed by atoms with E-state index in [1.807, 2.05) is 123 Å². The average molecular weight is 1520 g/mol. The van der Waals surface area contributed by atoms with E-state index in [9.17, 15) is 17.9 Å². The van der Waals surface area contributed by atoms with Crippen LogP contribution in [0.3, 0.4) is 0 Å². The number of nitrogens with zero attached hydrogens (tertiary/aromatic N) is 18. The van der Waals surface area contributed by atoms with Gasteiger partial charge in [-0.2, -0.15) is 0 Å². The third-order valence-corrected chi connectivity index (χ3v) is 19.6. The van der Waals surface area contributed by atoms with Gasteiger partial charge in [-0.15, -0.1) is 15.3 Å². The number of benzene rings is 5. The molecule has 15 rings (SSSR count). The van der Waals surface area contributed by atoms with Crippen LogP contribution in [0, 0.1) is 15.2 Å². The van der Waals surface area contributed by atoms with Gasteiger partial charge >= 0.3 is 7.12 Å². The van der Waals surface area contributed by atoms with Crippen molar-refractivity contribution < 1.29 is 27.2 Å². The van der Waals surface area contributed by atoms with E-state index in [0.29, 0.717) is 80.3 Å². The van der Waals surface area contributed by atoms with Crippen LogP contribution < -0.4 is 16.2 Å². The Hall–Kier alpha value is -8.72. The van der Waals surface area contributed by atoms with Crippen LogP contribution in [0.5, 0.6) is 0 Å². The smallest absolute Gasteiger partial charge is 0.398 e. The Bertz CT molecular complexity index is 5230. The van der Waals surface area contributed by atoms with Crippen molar-refractivity contribution in [1.29, 1.82) is 0 Å². The van der Waals surface area contributed by atoms with Gasteiger partial charge in [0.25, 0.3) is 0 Å². The molecule has 0 radical (unpaired) electrons. The van der Waals surface area contributed by atoms with Crippen LogP contribution in [0.2, 0.25) is 0 Å². The lowest BCUT2D eigenvalue weighted by Gasteiger charge is -2.32. The Labute approximate surface area is 583 Å². The lowest BCUT2D eigenvalue weighted by Crippen LogP contribution is -2.41. The van der Waals surface area contributed by atoms with Gasteiger partial charge in [0.05, 0.1) is 71.1 Å². The number of halogens is 4. The van der Waals surface area contributed by atoms with Gasteiger partial charge in [-0.25, -0.2) is 52.7 Å². The van der Waals surface area contributed by atoms with Gasteiger partial charge in [0.1, 0.15) is 30.5 Å². The first-order chi connectivity index (χ1) is 44.4. The molecule has 0 bridgehead atoms. The third-order valence-electron chi connectivity index (χ3n) is 15.5. The number of aromatic nitrogens is 18. The predicted molar refractivity (Wildman–Crippen MR) is 395 cm³/mol. The number of rotatable bonds is 10. The fourth-order valence-corrected chi connectivity index (χ4v) is 12.8. The van der Waals surface area contributed by atoms with Crippen LogP contribution in [0.15, 0.2) is 169 Å². The maximum absolute atomic E-state index is 14.5. The van der Waals surface area contributed by atoms with Crippen LogP contribution in [0.1, 0.15) is 74.1 Å². The highest BCUT2D eigenvalue weighted by Crippen LogP contribution is 2.38. The predicted octanol–water partition coefficient (Wildman–Crippen LogP) is 13.8. The molecule has 0 atom stereocenters. The lowest BCUT2D eigenvalue weighted by atomic mass is 9.85. The van der Waals surface area contributed by atoms with Crippen LogP contribution in [0.25, 0.3) is 77.8 Å². The van der Waals surface area contributed by atoms with Crippen molar-refractivity contribution in [2.24, 2.45) is 0 Å². The second-order valence-electron chi connectivity index (χ2n) is 23.6. The molecule has 1 aliphatic heterocycles. The molecule has 10 heterocycles. The minimum atomic E-state index is -2.70. The molecule has 0 amide bonds.